The van der Waals surface area contributed by atoms with Gasteiger partial charge in [0.05, 0.1) is 3.79 Å². The van der Waals surface area contributed by atoms with Gasteiger partial charge in [-0.1, -0.05) is 0 Å². The first kappa shape index (κ1) is 13.5. The van der Waals surface area contributed by atoms with Gasteiger partial charge in [-0.15, -0.1) is 11.3 Å². The van der Waals surface area contributed by atoms with Gasteiger partial charge in [0.15, 0.2) is 0 Å². The lowest BCUT2D eigenvalue weighted by Crippen LogP contribution is -2.46. The highest BCUT2D eigenvalue weighted by Crippen LogP contribution is 2.37. The molecule has 17 heavy (non-hydrogen) atoms. The van der Waals surface area contributed by atoms with Crippen molar-refractivity contribution in [3.63, 3.8) is 0 Å². The second-order valence-electron chi connectivity index (χ2n) is 3.80. The van der Waals surface area contributed by atoms with Crippen LogP contribution in [0.4, 0.5) is 0 Å². The maximum absolute atomic E-state index is 11.4. The number of thiophene rings is 1. The number of piperazine rings is 1. The fourth-order valence-electron chi connectivity index (χ4n) is 1.90. The molecule has 0 aromatic carbocycles. The van der Waals surface area contributed by atoms with Crippen LogP contribution in [0.15, 0.2) is 14.3 Å². The number of halogens is 2. The Morgan fingerprint density at radius 2 is 2.12 bits per heavy atom. The minimum absolute atomic E-state index is 0.537. The summed E-state index contributed by atoms with van der Waals surface area (Å²) >= 11 is 8.27. The fraction of sp³-hybridized carbons (Fsp3) is 0.500. The number of nitrogens with zero attached hydrogens (tertiary/aromatic N) is 1. The smallest absolute Gasteiger partial charge is 0.326 e. The number of hydrogen-bond donors (Lipinski definition) is 2. The molecule has 0 spiro atoms. The van der Waals surface area contributed by atoms with Gasteiger partial charge in [0, 0.05) is 35.5 Å². The predicted octanol–water partition coefficient (Wildman–Crippen LogP) is 2.30. The molecular formula is C10H12Br2N2O2S. The van der Waals surface area contributed by atoms with Gasteiger partial charge in [-0.25, -0.2) is 0 Å². The lowest BCUT2D eigenvalue weighted by Gasteiger charge is -2.31. The molecule has 1 aromatic heterocycles. The Hall–Kier alpha value is 0.0500. The summed E-state index contributed by atoms with van der Waals surface area (Å²) in [6.07, 6.45) is 0. The number of aliphatic carboxylic acids is 1. The molecule has 0 amide bonds. The predicted molar refractivity (Wildman–Crippen MR) is 74.5 cm³/mol. The Morgan fingerprint density at radius 3 is 2.59 bits per heavy atom. The number of hydrogen-bond acceptors (Lipinski definition) is 4. The molecular weight excluding hydrogens is 372 g/mol. The third-order valence-electron chi connectivity index (χ3n) is 2.68. The summed E-state index contributed by atoms with van der Waals surface area (Å²) in [5.74, 6) is -0.784. The van der Waals surface area contributed by atoms with Crippen molar-refractivity contribution in [2.75, 3.05) is 26.2 Å². The van der Waals surface area contributed by atoms with E-state index in [4.69, 9.17) is 0 Å². The topological polar surface area (TPSA) is 52.6 Å². The summed E-state index contributed by atoms with van der Waals surface area (Å²) < 4.78 is 1.85. The molecule has 2 N–H and O–H groups in total. The van der Waals surface area contributed by atoms with Crippen LogP contribution in [0.2, 0.25) is 0 Å². The molecule has 1 unspecified atom stereocenters. The van der Waals surface area contributed by atoms with E-state index in [0.717, 1.165) is 39.3 Å². The Bertz CT molecular complexity index is 399. The minimum Gasteiger partial charge on any atom is -0.480 e. The second kappa shape index (κ2) is 5.79. The lowest BCUT2D eigenvalue weighted by molar-refractivity contribution is -0.143. The lowest BCUT2D eigenvalue weighted by atomic mass is 10.2. The van der Waals surface area contributed by atoms with Crippen molar-refractivity contribution >= 4 is 49.2 Å². The highest BCUT2D eigenvalue weighted by atomic mass is 79.9. The van der Waals surface area contributed by atoms with E-state index in [9.17, 15) is 9.90 Å². The summed E-state index contributed by atoms with van der Waals surface area (Å²) in [5.41, 5.74) is 0. The molecule has 94 valence electrons. The second-order valence-corrected chi connectivity index (χ2v) is 7.05. The van der Waals surface area contributed by atoms with Gasteiger partial charge >= 0.3 is 5.97 Å². The van der Waals surface area contributed by atoms with Gasteiger partial charge in [-0.05, 0) is 37.9 Å². The largest absolute Gasteiger partial charge is 0.480 e. The van der Waals surface area contributed by atoms with Gasteiger partial charge in [0.2, 0.25) is 0 Å². The van der Waals surface area contributed by atoms with Crippen molar-refractivity contribution in [1.82, 2.24) is 10.2 Å². The average molecular weight is 384 g/mol. The Morgan fingerprint density at radius 1 is 1.47 bits per heavy atom. The number of carbonyl (C=O) groups is 1. The van der Waals surface area contributed by atoms with Gasteiger partial charge in [-0.3, -0.25) is 9.69 Å². The Labute approximate surface area is 120 Å². The van der Waals surface area contributed by atoms with Crippen LogP contribution in [0.5, 0.6) is 0 Å². The van der Waals surface area contributed by atoms with Crippen LogP contribution in [-0.4, -0.2) is 42.2 Å². The molecule has 2 heterocycles. The number of carboxylic acids is 1. The molecule has 1 aliphatic heterocycles. The summed E-state index contributed by atoms with van der Waals surface area (Å²) in [5, 5.41) is 12.6. The summed E-state index contributed by atoms with van der Waals surface area (Å²) in [4.78, 5) is 14.3. The molecule has 2 rings (SSSR count). The maximum atomic E-state index is 11.4. The van der Waals surface area contributed by atoms with Crippen molar-refractivity contribution in [3.8, 4) is 0 Å². The molecule has 7 heteroatoms. The van der Waals surface area contributed by atoms with Crippen LogP contribution in [0.25, 0.3) is 0 Å². The van der Waals surface area contributed by atoms with Crippen LogP contribution in [-0.2, 0) is 4.79 Å². The molecule has 0 aliphatic carbocycles. The maximum Gasteiger partial charge on any atom is 0.326 e. The zero-order valence-electron chi connectivity index (χ0n) is 8.95. The normalized spacial score (nSPS) is 19.2. The Balaban J connectivity index is 2.24. The van der Waals surface area contributed by atoms with Crippen molar-refractivity contribution in [1.29, 1.82) is 0 Å². The molecule has 4 nitrogen and oxygen atoms in total. The van der Waals surface area contributed by atoms with E-state index >= 15 is 0 Å². The van der Waals surface area contributed by atoms with E-state index < -0.39 is 12.0 Å². The highest BCUT2D eigenvalue weighted by Gasteiger charge is 2.30. The summed E-state index contributed by atoms with van der Waals surface area (Å²) in [7, 11) is 0. The van der Waals surface area contributed by atoms with Crippen molar-refractivity contribution in [2.45, 2.75) is 6.04 Å². The monoisotopic (exact) mass is 382 g/mol. The van der Waals surface area contributed by atoms with Crippen molar-refractivity contribution in [2.24, 2.45) is 0 Å². The third kappa shape index (κ3) is 3.08. The molecule has 1 aliphatic rings. The average Bonchev–Trinajstić information content (AvgIpc) is 2.60. The number of carboxylic acid groups (broad SMARTS) is 1. The molecule has 0 saturated carbocycles. The molecule has 1 atom stereocenters. The fourth-order valence-corrected chi connectivity index (χ4v) is 4.11. The highest BCUT2D eigenvalue weighted by molar-refractivity contribution is 9.13. The van der Waals surface area contributed by atoms with Crippen molar-refractivity contribution in [3.05, 3.63) is 19.2 Å². The third-order valence-corrected chi connectivity index (χ3v) is 5.99. The molecule has 0 radical (unpaired) electrons. The van der Waals surface area contributed by atoms with Crippen molar-refractivity contribution < 1.29 is 9.90 Å². The van der Waals surface area contributed by atoms with E-state index in [1.165, 1.54) is 11.3 Å². The molecule has 0 bridgehead atoms. The first-order chi connectivity index (χ1) is 8.09. The van der Waals surface area contributed by atoms with E-state index in [0.29, 0.717) is 0 Å². The number of nitrogens with one attached hydrogen (secondary N) is 1. The van der Waals surface area contributed by atoms with Crippen LogP contribution >= 0.6 is 43.2 Å². The van der Waals surface area contributed by atoms with Crippen LogP contribution in [0.3, 0.4) is 0 Å². The first-order valence-electron chi connectivity index (χ1n) is 5.22. The van der Waals surface area contributed by atoms with E-state index in [1.807, 2.05) is 11.0 Å². The standard InChI is InChI=1S/C10H12Br2N2O2S/c11-6-5-7(17-9(6)12)8(10(15)16)14-3-1-13-2-4-14/h5,8,13H,1-4H2,(H,15,16). The number of rotatable bonds is 3. The van der Waals surface area contributed by atoms with Gasteiger partial charge in [0.25, 0.3) is 0 Å². The van der Waals surface area contributed by atoms with Gasteiger partial charge in [-0.2, -0.15) is 0 Å². The van der Waals surface area contributed by atoms with Gasteiger partial charge in [0.1, 0.15) is 6.04 Å². The SMILES string of the molecule is O=C(O)C(c1cc(Br)c(Br)s1)N1CCNCC1. The molecule has 1 aromatic rings. The zero-order chi connectivity index (χ0) is 12.4. The molecule has 1 saturated heterocycles. The quantitative estimate of drug-likeness (QED) is 0.840. The van der Waals surface area contributed by atoms with Gasteiger partial charge < -0.3 is 10.4 Å². The zero-order valence-corrected chi connectivity index (χ0v) is 12.9. The minimum atomic E-state index is -0.784. The van der Waals surface area contributed by atoms with E-state index in [1.54, 1.807) is 0 Å². The van der Waals surface area contributed by atoms with E-state index in [2.05, 4.69) is 37.2 Å². The summed E-state index contributed by atoms with van der Waals surface area (Å²) in [6, 6.07) is 1.35. The van der Waals surface area contributed by atoms with Crippen LogP contribution in [0.1, 0.15) is 10.9 Å². The van der Waals surface area contributed by atoms with Crippen LogP contribution in [0, 0.1) is 0 Å². The summed E-state index contributed by atoms with van der Waals surface area (Å²) in [6.45, 7) is 3.23. The van der Waals surface area contributed by atoms with E-state index in [-0.39, 0.29) is 0 Å². The van der Waals surface area contributed by atoms with Crippen LogP contribution < -0.4 is 5.32 Å². The Kier molecular flexibility index (Phi) is 4.59. The molecule has 1 fully saturated rings. The first-order valence-corrected chi connectivity index (χ1v) is 7.62.